The number of piperidine rings is 1. The van der Waals surface area contributed by atoms with Crippen LogP contribution in [-0.2, 0) is 11.3 Å². The van der Waals surface area contributed by atoms with Crippen molar-refractivity contribution in [2.75, 3.05) is 18.8 Å². The van der Waals surface area contributed by atoms with Crippen molar-refractivity contribution in [1.29, 1.82) is 0 Å². The van der Waals surface area contributed by atoms with Crippen LogP contribution in [0.3, 0.4) is 0 Å². The molecule has 2 amide bonds. The van der Waals surface area contributed by atoms with E-state index in [1.165, 1.54) is 0 Å². The lowest BCUT2D eigenvalue weighted by molar-refractivity contribution is -0.128. The summed E-state index contributed by atoms with van der Waals surface area (Å²) in [6.45, 7) is 4.47. The zero-order valence-corrected chi connectivity index (χ0v) is 18.1. The maximum Gasteiger partial charge on any atom is 0.253 e. The Labute approximate surface area is 181 Å². The minimum absolute atomic E-state index is 0.0295. The van der Waals surface area contributed by atoms with Crippen molar-refractivity contribution < 1.29 is 9.59 Å². The number of carbonyl (C=O) groups is 2. The molecule has 29 heavy (non-hydrogen) atoms. The summed E-state index contributed by atoms with van der Waals surface area (Å²) < 4.78 is 0. The third-order valence-corrected chi connectivity index (χ3v) is 7.26. The van der Waals surface area contributed by atoms with Crippen molar-refractivity contribution in [3.05, 3.63) is 70.2 Å². The van der Waals surface area contributed by atoms with Gasteiger partial charge in [0.2, 0.25) is 5.91 Å². The Balaban J connectivity index is 1.46. The number of carbonyl (C=O) groups excluding carboxylic acids is 2. The second kappa shape index (κ2) is 8.80. The summed E-state index contributed by atoms with van der Waals surface area (Å²) in [5, 5.41) is 0.661. The number of benzene rings is 2. The van der Waals surface area contributed by atoms with Crippen LogP contribution < -0.4 is 0 Å². The predicted octanol–water partition coefficient (Wildman–Crippen LogP) is 4.99. The molecule has 0 radical (unpaired) electrons. The van der Waals surface area contributed by atoms with Crippen LogP contribution in [0.4, 0.5) is 0 Å². The van der Waals surface area contributed by atoms with Gasteiger partial charge in [-0.2, -0.15) is 0 Å². The van der Waals surface area contributed by atoms with Gasteiger partial charge in [-0.05, 0) is 54.2 Å². The molecule has 4 rings (SSSR count). The van der Waals surface area contributed by atoms with Gasteiger partial charge in [-0.25, -0.2) is 0 Å². The molecule has 0 spiro atoms. The van der Waals surface area contributed by atoms with Gasteiger partial charge in [-0.1, -0.05) is 42.8 Å². The highest BCUT2D eigenvalue weighted by Crippen LogP contribution is 2.39. The van der Waals surface area contributed by atoms with E-state index in [0.29, 0.717) is 23.2 Å². The first-order chi connectivity index (χ1) is 14.0. The molecular formula is C23H25ClN2O2S. The molecule has 2 aromatic carbocycles. The highest BCUT2D eigenvalue weighted by Gasteiger charge is 2.33. The van der Waals surface area contributed by atoms with E-state index in [4.69, 9.17) is 11.6 Å². The Bertz CT molecular complexity index is 877. The highest BCUT2D eigenvalue weighted by atomic mass is 35.5. The van der Waals surface area contributed by atoms with E-state index >= 15 is 0 Å². The molecule has 2 aliphatic rings. The van der Waals surface area contributed by atoms with Crippen molar-refractivity contribution in [2.24, 2.45) is 5.92 Å². The average molecular weight is 429 g/mol. The molecule has 1 atom stereocenters. The van der Waals surface area contributed by atoms with E-state index in [0.717, 1.165) is 42.6 Å². The van der Waals surface area contributed by atoms with E-state index in [1.54, 1.807) is 11.8 Å². The largest absolute Gasteiger partial charge is 0.339 e. The topological polar surface area (TPSA) is 40.6 Å². The standard InChI is InChI=1S/C23H25ClN2O2S/c1-16-10-12-25(13-11-16)22(28)18-4-6-19(7-5-18)23-26(21(27)15-29-23)14-17-2-8-20(24)9-3-17/h2-9,16,23H,10-15H2,1H3/t23-/m1/s1. The summed E-state index contributed by atoms with van der Waals surface area (Å²) in [7, 11) is 0. The molecule has 2 aliphatic heterocycles. The first-order valence-electron chi connectivity index (χ1n) is 10.1. The SMILES string of the molecule is CC1CCN(C(=O)c2ccc([C@H]3SCC(=O)N3Cc3ccc(Cl)cc3)cc2)CC1. The number of rotatable bonds is 4. The minimum Gasteiger partial charge on any atom is -0.339 e. The van der Waals surface area contributed by atoms with Crippen molar-refractivity contribution in [3.63, 3.8) is 0 Å². The van der Waals surface area contributed by atoms with Crippen LogP contribution in [-0.4, -0.2) is 40.5 Å². The van der Waals surface area contributed by atoms with Crippen LogP contribution in [0.25, 0.3) is 0 Å². The van der Waals surface area contributed by atoms with Crippen molar-refractivity contribution in [2.45, 2.75) is 31.7 Å². The number of likely N-dealkylation sites (tertiary alicyclic amines) is 1. The first-order valence-corrected chi connectivity index (χ1v) is 11.5. The Morgan fingerprint density at radius 1 is 1.07 bits per heavy atom. The van der Waals surface area contributed by atoms with Crippen LogP contribution in [0.5, 0.6) is 0 Å². The molecule has 2 saturated heterocycles. The van der Waals surface area contributed by atoms with Crippen molar-refractivity contribution in [1.82, 2.24) is 9.80 Å². The summed E-state index contributed by atoms with van der Waals surface area (Å²) >= 11 is 7.60. The second-order valence-corrected chi connectivity index (χ2v) is 9.41. The summed E-state index contributed by atoms with van der Waals surface area (Å²) in [5.41, 5.74) is 2.84. The van der Waals surface area contributed by atoms with Gasteiger partial charge in [0.15, 0.2) is 0 Å². The monoisotopic (exact) mass is 428 g/mol. The summed E-state index contributed by atoms with van der Waals surface area (Å²) in [4.78, 5) is 29.1. The molecule has 0 saturated carbocycles. The zero-order chi connectivity index (χ0) is 20.4. The summed E-state index contributed by atoms with van der Waals surface area (Å²) in [6.07, 6.45) is 2.15. The quantitative estimate of drug-likeness (QED) is 0.689. The predicted molar refractivity (Wildman–Crippen MR) is 118 cm³/mol. The number of hydrogen-bond acceptors (Lipinski definition) is 3. The van der Waals surface area contributed by atoms with Gasteiger partial charge < -0.3 is 9.80 Å². The second-order valence-electron chi connectivity index (χ2n) is 7.91. The number of hydrogen-bond donors (Lipinski definition) is 0. The summed E-state index contributed by atoms with van der Waals surface area (Å²) in [6, 6.07) is 15.4. The Hall–Kier alpha value is -1.98. The van der Waals surface area contributed by atoms with Crippen LogP contribution in [0.2, 0.25) is 5.02 Å². The molecule has 2 heterocycles. The Kier molecular flexibility index (Phi) is 6.16. The van der Waals surface area contributed by atoms with Crippen LogP contribution in [0, 0.1) is 5.92 Å². The van der Waals surface area contributed by atoms with Crippen LogP contribution in [0.15, 0.2) is 48.5 Å². The zero-order valence-electron chi connectivity index (χ0n) is 16.5. The normalized spacial score (nSPS) is 20.3. The molecule has 0 aliphatic carbocycles. The van der Waals surface area contributed by atoms with Gasteiger partial charge >= 0.3 is 0 Å². The maximum absolute atomic E-state index is 12.8. The van der Waals surface area contributed by atoms with E-state index in [9.17, 15) is 9.59 Å². The fraction of sp³-hybridized carbons (Fsp3) is 0.391. The van der Waals surface area contributed by atoms with E-state index in [-0.39, 0.29) is 17.2 Å². The number of nitrogens with zero attached hydrogens (tertiary/aromatic N) is 2. The van der Waals surface area contributed by atoms with Gasteiger partial charge in [0.05, 0.1) is 5.75 Å². The summed E-state index contributed by atoms with van der Waals surface area (Å²) in [5.74, 6) is 1.42. The van der Waals surface area contributed by atoms with Gasteiger partial charge in [-0.3, -0.25) is 9.59 Å². The molecule has 0 bridgehead atoms. The fourth-order valence-corrected chi connectivity index (χ4v) is 5.19. The molecule has 0 unspecified atom stereocenters. The maximum atomic E-state index is 12.8. The third-order valence-electron chi connectivity index (χ3n) is 5.75. The van der Waals surface area contributed by atoms with Gasteiger partial charge in [0.25, 0.3) is 5.91 Å². The minimum atomic E-state index is -0.0295. The number of halogens is 1. The molecule has 2 aromatic rings. The lowest BCUT2D eigenvalue weighted by Gasteiger charge is -2.30. The molecule has 0 aromatic heterocycles. The highest BCUT2D eigenvalue weighted by molar-refractivity contribution is 8.00. The van der Waals surface area contributed by atoms with Crippen LogP contribution in [0.1, 0.15) is 46.6 Å². The lowest BCUT2D eigenvalue weighted by Crippen LogP contribution is -2.37. The smallest absolute Gasteiger partial charge is 0.253 e. The fourth-order valence-electron chi connectivity index (χ4n) is 3.87. The van der Waals surface area contributed by atoms with Gasteiger partial charge in [0, 0.05) is 30.2 Å². The van der Waals surface area contributed by atoms with Gasteiger partial charge in [-0.15, -0.1) is 11.8 Å². The van der Waals surface area contributed by atoms with Gasteiger partial charge in [0.1, 0.15) is 5.37 Å². The Morgan fingerprint density at radius 2 is 1.72 bits per heavy atom. The molecule has 0 N–H and O–H groups in total. The molecular weight excluding hydrogens is 404 g/mol. The number of amides is 2. The molecule has 6 heteroatoms. The number of thioether (sulfide) groups is 1. The molecule has 2 fully saturated rings. The third kappa shape index (κ3) is 4.62. The molecule has 152 valence electrons. The van der Waals surface area contributed by atoms with E-state index in [2.05, 4.69) is 6.92 Å². The first kappa shape index (κ1) is 20.3. The van der Waals surface area contributed by atoms with Crippen molar-refractivity contribution >= 4 is 35.2 Å². The molecule has 4 nitrogen and oxygen atoms in total. The average Bonchev–Trinajstić information content (AvgIpc) is 3.10. The van der Waals surface area contributed by atoms with Crippen molar-refractivity contribution in [3.8, 4) is 0 Å². The van der Waals surface area contributed by atoms with E-state index < -0.39 is 0 Å². The van der Waals surface area contributed by atoms with E-state index in [1.807, 2.05) is 58.3 Å². The van der Waals surface area contributed by atoms with Crippen LogP contribution >= 0.6 is 23.4 Å². The Morgan fingerprint density at radius 3 is 2.38 bits per heavy atom. The lowest BCUT2D eigenvalue weighted by atomic mass is 9.98.